The second kappa shape index (κ2) is 7.18. The number of amides is 1. The molecule has 1 N–H and O–H groups in total. The van der Waals surface area contributed by atoms with Crippen LogP contribution in [0.25, 0.3) is 10.9 Å². The molecule has 0 saturated heterocycles. The molecule has 1 amide bonds. The number of fused-ring (bicyclic) bond motifs is 1. The summed E-state index contributed by atoms with van der Waals surface area (Å²) in [5.41, 5.74) is 3.49. The zero-order valence-corrected chi connectivity index (χ0v) is 12.9. The molecule has 0 saturated carbocycles. The molecule has 0 radical (unpaired) electrons. The molecular formula is C17H22N2O2. The maximum atomic E-state index is 12.2. The summed E-state index contributed by atoms with van der Waals surface area (Å²) in [6.45, 7) is 7.86. The van der Waals surface area contributed by atoms with Crippen molar-refractivity contribution in [2.45, 2.75) is 27.2 Å². The highest BCUT2D eigenvalue weighted by Gasteiger charge is 2.11. The third kappa shape index (κ3) is 4.02. The number of pyridine rings is 1. The number of aryl methyl sites for hydroxylation is 2. The van der Waals surface area contributed by atoms with E-state index in [0.29, 0.717) is 25.3 Å². The number of nitrogens with zero attached hydrogens (tertiary/aromatic N) is 1. The van der Waals surface area contributed by atoms with Crippen molar-refractivity contribution in [3.05, 3.63) is 41.1 Å². The Hall–Kier alpha value is -1.94. The Kier molecular flexibility index (Phi) is 5.28. The van der Waals surface area contributed by atoms with Crippen LogP contribution in [0.2, 0.25) is 0 Å². The first-order valence-electron chi connectivity index (χ1n) is 7.35. The fraction of sp³-hybridized carbons (Fsp3) is 0.412. The van der Waals surface area contributed by atoms with Crippen molar-refractivity contribution in [2.75, 3.05) is 19.8 Å². The first-order valence-corrected chi connectivity index (χ1v) is 7.35. The van der Waals surface area contributed by atoms with Gasteiger partial charge in [-0.05, 0) is 45.4 Å². The van der Waals surface area contributed by atoms with E-state index in [1.165, 1.54) is 0 Å². The number of carbonyl (C=O) groups is 1. The third-order valence-electron chi connectivity index (χ3n) is 3.36. The molecule has 1 aromatic carbocycles. The molecule has 1 heterocycles. The molecule has 0 aliphatic heterocycles. The minimum atomic E-state index is -0.0695. The largest absolute Gasteiger partial charge is 0.382 e. The van der Waals surface area contributed by atoms with E-state index in [4.69, 9.17) is 4.74 Å². The second-order valence-electron chi connectivity index (χ2n) is 5.12. The van der Waals surface area contributed by atoms with E-state index in [9.17, 15) is 4.79 Å². The number of hydrogen-bond donors (Lipinski definition) is 1. The second-order valence-corrected chi connectivity index (χ2v) is 5.12. The van der Waals surface area contributed by atoms with Gasteiger partial charge in [0.2, 0.25) is 0 Å². The Morgan fingerprint density at radius 2 is 2.10 bits per heavy atom. The Balaban J connectivity index is 2.09. The van der Waals surface area contributed by atoms with Crippen LogP contribution in [0.15, 0.2) is 24.3 Å². The van der Waals surface area contributed by atoms with Crippen LogP contribution >= 0.6 is 0 Å². The smallest absolute Gasteiger partial charge is 0.253 e. The van der Waals surface area contributed by atoms with Gasteiger partial charge in [0.25, 0.3) is 5.91 Å². The lowest BCUT2D eigenvalue weighted by molar-refractivity contribution is 0.0943. The van der Waals surface area contributed by atoms with E-state index in [1.54, 1.807) is 0 Å². The van der Waals surface area contributed by atoms with Crippen molar-refractivity contribution < 1.29 is 9.53 Å². The first-order chi connectivity index (χ1) is 10.1. The summed E-state index contributed by atoms with van der Waals surface area (Å²) < 4.78 is 5.25. The van der Waals surface area contributed by atoms with Crippen molar-refractivity contribution in [1.82, 2.24) is 10.3 Å². The molecule has 2 aromatic rings. The zero-order valence-electron chi connectivity index (χ0n) is 12.9. The van der Waals surface area contributed by atoms with Crippen LogP contribution in [-0.2, 0) is 4.74 Å². The minimum Gasteiger partial charge on any atom is -0.382 e. The van der Waals surface area contributed by atoms with E-state index in [1.807, 2.05) is 45.0 Å². The summed E-state index contributed by atoms with van der Waals surface area (Å²) in [5.74, 6) is -0.0695. The van der Waals surface area contributed by atoms with Crippen LogP contribution in [0, 0.1) is 13.8 Å². The van der Waals surface area contributed by atoms with Gasteiger partial charge in [-0.3, -0.25) is 9.78 Å². The molecule has 0 fully saturated rings. The van der Waals surface area contributed by atoms with Crippen molar-refractivity contribution in [3.63, 3.8) is 0 Å². The quantitative estimate of drug-likeness (QED) is 0.830. The maximum Gasteiger partial charge on any atom is 0.253 e. The first kappa shape index (κ1) is 15.4. The van der Waals surface area contributed by atoms with E-state index in [2.05, 4.69) is 10.3 Å². The number of aromatic nitrogens is 1. The number of carbonyl (C=O) groups excluding carboxylic acids is 1. The highest BCUT2D eigenvalue weighted by molar-refractivity contribution is 5.98. The normalized spacial score (nSPS) is 10.8. The molecule has 112 valence electrons. The van der Waals surface area contributed by atoms with Gasteiger partial charge in [-0.15, -0.1) is 0 Å². The molecule has 0 aliphatic rings. The summed E-state index contributed by atoms with van der Waals surface area (Å²) >= 11 is 0. The molecule has 4 nitrogen and oxygen atoms in total. The zero-order chi connectivity index (χ0) is 15.2. The molecule has 4 heteroatoms. The van der Waals surface area contributed by atoms with Crippen molar-refractivity contribution >= 4 is 16.8 Å². The van der Waals surface area contributed by atoms with Crippen molar-refractivity contribution in [1.29, 1.82) is 0 Å². The van der Waals surface area contributed by atoms with Gasteiger partial charge in [-0.2, -0.15) is 0 Å². The Labute approximate surface area is 125 Å². The summed E-state index contributed by atoms with van der Waals surface area (Å²) in [6, 6.07) is 7.99. The molecule has 0 aliphatic carbocycles. The average Bonchev–Trinajstić information content (AvgIpc) is 2.46. The standard InChI is InChI=1S/C17H22N2O2/c1-4-21-9-5-8-18-17(20)15-11-14-10-12(2)6-7-16(14)19-13(15)3/h6-7,10-11H,4-5,8-9H2,1-3H3,(H,18,20). The monoisotopic (exact) mass is 286 g/mol. The van der Waals surface area contributed by atoms with Crippen molar-refractivity contribution in [2.24, 2.45) is 0 Å². The molecule has 0 unspecified atom stereocenters. The lowest BCUT2D eigenvalue weighted by atomic mass is 10.1. The van der Waals surface area contributed by atoms with E-state index in [-0.39, 0.29) is 5.91 Å². The number of rotatable bonds is 6. The average molecular weight is 286 g/mol. The Morgan fingerprint density at radius 1 is 1.29 bits per heavy atom. The number of benzene rings is 1. The van der Waals surface area contributed by atoms with Gasteiger partial charge in [-0.25, -0.2) is 0 Å². The molecule has 0 bridgehead atoms. The summed E-state index contributed by atoms with van der Waals surface area (Å²) in [6.07, 6.45) is 0.818. The van der Waals surface area contributed by atoms with E-state index < -0.39 is 0 Å². The Morgan fingerprint density at radius 3 is 2.86 bits per heavy atom. The van der Waals surface area contributed by atoms with Crippen LogP contribution in [0.5, 0.6) is 0 Å². The molecule has 1 aromatic heterocycles. The van der Waals surface area contributed by atoms with E-state index >= 15 is 0 Å². The lowest BCUT2D eigenvalue weighted by Gasteiger charge is -2.09. The van der Waals surface area contributed by atoms with Gasteiger partial charge in [0.05, 0.1) is 16.8 Å². The highest BCUT2D eigenvalue weighted by atomic mass is 16.5. The van der Waals surface area contributed by atoms with Gasteiger partial charge < -0.3 is 10.1 Å². The number of hydrogen-bond acceptors (Lipinski definition) is 3. The fourth-order valence-electron chi connectivity index (χ4n) is 2.24. The topological polar surface area (TPSA) is 51.2 Å². The minimum absolute atomic E-state index is 0.0695. The summed E-state index contributed by atoms with van der Waals surface area (Å²) in [5, 5.41) is 3.92. The molecule has 0 spiro atoms. The SMILES string of the molecule is CCOCCCNC(=O)c1cc2cc(C)ccc2nc1C. The van der Waals surface area contributed by atoms with Gasteiger partial charge in [0.1, 0.15) is 0 Å². The van der Waals surface area contributed by atoms with E-state index in [0.717, 1.165) is 28.6 Å². The maximum absolute atomic E-state index is 12.2. The van der Waals surface area contributed by atoms with Gasteiger partial charge >= 0.3 is 0 Å². The molecule has 21 heavy (non-hydrogen) atoms. The van der Waals surface area contributed by atoms with Gasteiger partial charge in [0.15, 0.2) is 0 Å². The summed E-state index contributed by atoms with van der Waals surface area (Å²) in [4.78, 5) is 16.7. The number of ether oxygens (including phenoxy) is 1. The van der Waals surface area contributed by atoms with Crippen molar-refractivity contribution in [3.8, 4) is 0 Å². The van der Waals surface area contributed by atoms with Crippen LogP contribution in [-0.4, -0.2) is 30.6 Å². The molecule has 2 rings (SSSR count). The lowest BCUT2D eigenvalue weighted by Crippen LogP contribution is -2.26. The predicted octanol–water partition coefficient (Wildman–Crippen LogP) is 3.01. The predicted molar refractivity (Wildman–Crippen MR) is 84.7 cm³/mol. The van der Waals surface area contributed by atoms with Gasteiger partial charge in [-0.1, -0.05) is 11.6 Å². The highest BCUT2D eigenvalue weighted by Crippen LogP contribution is 2.18. The number of nitrogens with one attached hydrogen (secondary N) is 1. The Bertz CT molecular complexity index is 638. The van der Waals surface area contributed by atoms with Crippen LogP contribution in [0.4, 0.5) is 0 Å². The summed E-state index contributed by atoms with van der Waals surface area (Å²) in [7, 11) is 0. The molecule has 0 atom stereocenters. The van der Waals surface area contributed by atoms with Crippen LogP contribution in [0.1, 0.15) is 35.0 Å². The van der Waals surface area contributed by atoms with Gasteiger partial charge in [0, 0.05) is 25.1 Å². The fourth-order valence-corrected chi connectivity index (χ4v) is 2.24. The molecular weight excluding hydrogens is 264 g/mol. The van der Waals surface area contributed by atoms with Crippen LogP contribution in [0.3, 0.4) is 0 Å². The third-order valence-corrected chi connectivity index (χ3v) is 3.36. The van der Waals surface area contributed by atoms with Crippen LogP contribution < -0.4 is 5.32 Å².